The molecule has 7 rings (SSSR count). The first kappa shape index (κ1) is 23.4. The number of hydrazine groups is 2. The number of nitrogens with zero attached hydrogens (tertiary/aromatic N) is 7. The highest BCUT2D eigenvalue weighted by Crippen LogP contribution is 2.26. The van der Waals surface area contributed by atoms with Crippen molar-refractivity contribution >= 4 is 17.2 Å². The minimum atomic E-state index is 0.605. The first-order valence-electron chi connectivity index (χ1n) is 13.0. The standard InChI is InChI=1S/C32H25N8/c1-5-16-27(17-6-1)37-33-31(34-38(37)28-18-7-2-8-19-28)25-14-13-15-26(24-25)32-35-39(29-20-9-3-10-21-29)40(36-32)30-22-11-4-12-23-30/h1-24H,(H,33,34)/q+1. The van der Waals surface area contributed by atoms with Gasteiger partial charge in [-0.25, -0.2) is 0 Å². The third-order valence-corrected chi connectivity index (χ3v) is 6.51. The van der Waals surface area contributed by atoms with Crippen molar-refractivity contribution < 1.29 is 4.80 Å². The number of amidine groups is 1. The van der Waals surface area contributed by atoms with E-state index in [1.807, 2.05) is 159 Å². The van der Waals surface area contributed by atoms with E-state index in [4.69, 9.17) is 15.3 Å². The lowest BCUT2D eigenvalue weighted by atomic mass is 10.1. The number of hydrazone groups is 1. The van der Waals surface area contributed by atoms with Gasteiger partial charge in [0.25, 0.3) is 0 Å². The fraction of sp³-hybridized carbons (Fsp3) is 0. The zero-order valence-corrected chi connectivity index (χ0v) is 21.5. The Morgan fingerprint density at radius 2 is 1.12 bits per heavy atom. The predicted molar refractivity (Wildman–Crippen MR) is 156 cm³/mol. The molecule has 192 valence electrons. The van der Waals surface area contributed by atoms with Gasteiger partial charge in [-0.2, -0.15) is 10.2 Å². The van der Waals surface area contributed by atoms with Crippen LogP contribution >= 0.6 is 0 Å². The summed E-state index contributed by atoms with van der Waals surface area (Å²) in [4.78, 5) is 3.63. The molecular weight excluding hydrogens is 496 g/mol. The van der Waals surface area contributed by atoms with Crippen LogP contribution in [0.2, 0.25) is 0 Å². The zero-order chi connectivity index (χ0) is 26.7. The lowest BCUT2D eigenvalue weighted by molar-refractivity contribution is -0.734. The number of nitrogens with one attached hydrogen (secondary N) is 1. The summed E-state index contributed by atoms with van der Waals surface area (Å²) in [5.74, 6) is 1.32. The summed E-state index contributed by atoms with van der Waals surface area (Å²) in [6, 6.07) is 48.3. The Morgan fingerprint density at radius 1 is 0.550 bits per heavy atom. The van der Waals surface area contributed by atoms with Crippen molar-refractivity contribution in [1.29, 1.82) is 0 Å². The van der Waals surface area contributed by atoms with Crippen LogP contribution in [0.1, 0.15) is 5.56 Å². The van der Waals surface area contributed by atoms with Crippen molar-refractivity contribution in [2.75, 3.05) is 10.2 Å². The summed E-state index contributed by atoms with van der Waals surface area (Å²) in [7, 11) is 0. The average Bonchev–Trinajstić information content (AvgIpc) is 3.69. The number of rotatable bonds is 6. The minimum absolute atomic E-state index is 0.605. The quantitative estimate of drug-likeness (QED) is 0.301. The number of hydrogen-bond acceptors (Lipinski definition) is 6. The van der Waals surface area contributed by atoms with Gasteiger partial charge in [-0.3, -0.25) is 5.43 Å². The van der Waals surface area contributed by atoms with Crippen molar-refractivity contribution in [3.8, 4) is 22.8 Å². The predicted octanol–water partition coefficient (Wildman–Crippen LogP) is 5.32. The molecule has 0 spiro atoms. The van der Waals surface area contributed by atoms with Gasteiger partial charge in [-0.05, 0) is 70.6 Å². The maximum atomic E-state index is 4.95. The third-order valence-electron chi connectivity index (χ3n) is 6.51. The fourth-order valence-electron chi connectivity index (χ4n) is 4.57. The molecule has 40 heavy (non-hydrogen) atoms. The van der Waals surface area contributed by atoms with Crippen molar-refractivity contribution in [3.63, 3.8) is 0 Å². The normalized spacial score (nSPS) is 12.8. The Balaban J connectivity index is 1.28. The molecule has 0 aliphatic carbocycles. The van der Waals surface area contributed by atoms with Crippen LogP contribution < -0.4 is 20.5 Å². The van der Waals surface area contributed by atoms with Gasteiger partial charge in [-0.15, -0.1) is 5.10 Å². The van der Waals surface area contributed by atoms with Gasteiger partial charge >= 0.3 is 5.82 Å². The topological polar surface area (TPSA) is 65.5 Å². The van der Waals surface area contributed by atoms with E-state index < -0.39 is 0 Å². The van der Waals surface area contributed by atoms with Crippen LogP contribution in [0.4, 0.5) is 11.4 Å². The van der Waals surface area contributed by atoms with Gasteiger partial charge in [0.2, 0.25) is 0 Å². The number of hydrogen-bond donors (Lipinski definition) is 1. The molecule has 0 atom stereocenters. The van der Waals surface area contributed by atoms with Crippen molar-refractivity contribution in [2.24, 2.45) is 5.10 Å². The van der Waals surface area contributed by atoms with Gasteiger partial charge < -0.3 is 0 Å². The molecule has 1 aliphatic rings. The monoisotopic (exact) mass is 521 g/mol. The summed E-state index contributed by atoms with van der Waals surface area (Å²) >= 11 is 0. The van der Waals surface area contributed by atoms with E-state index in [1.54, 1.807) is 0 Å². The molecule has 6 aromatic rings. The van der Waals surface area contributed by atoms with E-state index >= 15 is 0 Å². The molecule has 1 N–H and O–H groups in total. The van der Waals surface area contributed by atoms with Crippen LogP contribution in [0, 0.1) is 0 Å². The molecule has 0 radical (unpaired) electrons. The summed E-state index contributed by atoms with van der Waals surface area (Å²) in [5.41, 5.74) is 9.01. The zero-order valence-electron chi connectivity index (χ0n) is 21.5. The molecule has 5 aromatic carbocycles. The highest BCUT2D eigenvalue weighted by atomic mass is 15.9. The van der Waals surface area contributed by atoms with E-state index in [0.717, 1.165) is 33.9 Å². The molecule has 0 saturated carbocycles. The Hall–Kier alpha value is -5.76. The van der Waals surface area contributed by atoms with E-state index in [2.05, 4.69) is 11.5 Å². The van der Waals surface area contributed by atoms with E-state index in [9.17, 15) is 0 Å². The molecule has 0 amide bonds. The Labute approximate surface area is 231 Å². The second-order valence-electron chi connectivity index (χ2n) is 9.19. The highest BCUT2D eigenvalue weighted by molar-refractivity contribution is 6.02. The summed E-state index contributed by atoms with van der Waals surface area (Å²) in [6.07, 6.45) is 0. The molecule has 0 unspecified atom stereocenters. The van der Waals surface area contributed by atoms with Crippen molar-refractivity contribution in [2.45, 2.75) is 0 Å². The van der Waals surface area contributed by atoms with E-state index in [-0.39, 0.29) is 0 Å². The maximum Gasteiger partial charge on any atom is 0.340 e. The van der Waals surface area contributed by atoms with Crippen LogP contribution in [-0.4, -0.2) is 20.8 Å². The van der Waals surface area contributed by atoms with Crippen molar-refractivity contribution in [3.05, 3.63) is 151 Å². The summed E-state index contributed by atoms with van der Waals surface area (Å²) < 4.78 is 0. The van der Waals surface area contributed by atoms with Crippen LogP contribution in [0.15, 0.2) is 151 Å². The molecule has 8 heteroatoms. The van der Waals surface area contributed by atoms with Gasteiger partial charge in [0.1, 0.15) is 5.69 Å². The number of anilines is 2. The first-order valence-corrected chi connectivity index (χ1v) is 13.0. The van der Waals surface area contributed by atoms with E-state index in [0.29, 0.717) is 11.7 Å². The maximum absolute atomic E-state index is 4.95. The smallest absolute Gasteiger partial charge is 0.259 e. The lowest BCUT2D eigenvalue weighted by Gasteiger charge is -2.27. The number of aromatic nitrogens is 4. The molecule has 0 bridgehead atoms. The van der Waals surface area contributed by atoms with Crippen LogP contribution in [0.3, 0.4) is 0 Å². The van der Waals surface area contributed by atoms with Gasteiger partial charge in [-0.1, -0.05) is 84.9 Å². The molecule has 0 saturated heterocycles. The largest absolute Gasteiger partial charge is 0.340 e. The SMILES string of the molecule is c1ccc(N2N=C(c3cccc(-c4nn(-c5ccccc5)[n+](-c5ccccc5)n4)c3)NN2c2ccccc2)cc1. The molecule has 8 nitrogen and oxygen atoms in total. The van der Waals surface area contributed by atoms with Crippen LogP contribution in [0.25, 0.3) is 22.8 Å². The second-order valence-corrected chi connectivity index (χ2v) is 9.19. The van der Waals surface area contributed by atoms with Gasteiger partial charge in [0.05, 0.1) is 22.0 Å². The summed E-state index contributed by atoms with van der Waals surface area (Å²) in [6.45, 7) is 0. The Bertz CT molecular complexity index is 1710. The highest BCUT2D eigenvalue weighted by Gasteiger charge is 2.28. The molecule has 1 aromatic heterocycles. The Morgan fingerprint density at radius 3 is 1.80 bits per heavy atom. The van der Waals surface area contributed by atoms with Gasteiger partial charge in [0, 0.05) is 10.4 Å². The van der Waals surface area contributed by atoms with Gasteiger partial charge in [0.15, 0.2) is 11.5 Å². The number of para-hydroxylation sites is 4. The van der Waals surface area contributed by atoms with Crippen LogP contribution in [0.5, 0.6) is 0 Å². The number of benzene rings is 5. The van der Waals surface area contributed by atoms with E-state index in [1.165, 1.54) is 0 Å². The molecule has 0 fully saturated rings. The average molecular weight is 522 g/mol. The van der Waals surface area contributed by atoms with Crippen molar-refractivity contribution in [1.82, 2.24) is 20.4 Å². The molecule has 2 heterocycles. The number of tetrazole rings is 1. The summed E-state index contributed by atoms with van der Waals surface area (Å²) in [5, 5.41) is 18.6. The molecular formula is C32H25N8+. The first-order chi connectivity index (χ1) is 19.8. The minimum Gasteiger partial charge on any atom is -0.259 e. The fourth-order valence-corrected chi connectivity index (χ4v) is 4.57. The van der Waals surface area contributed by atoms with Crippen LogP contribution in [-0.2, 0) is 0 Å². The lowest BCUT2D eigenvalue weighted by Crippen LogP contribution is -2.44. The third kappa shape index (κ3) is 4.43. The second kappa shape index (κ2) is 10.2. The molecule has 1 aliphatic heterocycles. The Kier molecular flexibility index (Phi) is 5.95.